The lowest BCUT2D eigenvalue weighted by atomic mass is 9.80. The van der Waals surface area contributed by atoms with Crippen molar-refractivity contribution in [2.75, 3.05) is 13.1 Å². The summed E-state index contributed by atoms with van der Waals surface area (Å²) >= 11 is 0. The SMILES string of the molecule is CC1CCC(Oc2ccc3cc(CN4CCC(C(=O)O)CC4)ccc3c2)CC1C. The van der Waals surface area contributed by atoms with Crippen LogP contribution in [0, 0.1) is 17.8 Å². The Hall–Kier alpha value is -2.07. The number of hydrogen-bond acceptors (Lipinski definition) is 3. The lowest BCUT2D eigenvalue weighted by Gasteiger charge is -2.32. The van der Waals surface area contributed by atoms with E-state index in [1.54, 1.807) is 0 Å². The maximum absolute atomic E-state index is 11.1. The highest BCUT2D eigenvalue weighted by molar-refractivity contribution is 5.84. The smallest absolute Gasteiger partial charge is 0.306 e. The summed E-state index contributed by atoms with van der Waals surface area (Å²) in [6, 6.07) is 13.1. The summed E-state index contributed by atoms with van der Waals surface area (Å²) < 4.78 is 6.31. The minimum atomic E-state index is -0.648. The van der Waals surface area contributed by atoms with Crippen LogP contribution in [0.1, 0.15) is 51.5 Å². The Balaban J connectivity index is 1.38. The second-order valence-electron chi connectivity index (χ2n) is 9.24. The number of carboxylic acid groups (broad SMARTS) is 1. The largest absolute Gasteiger partial charge is 0.490 e. The summed E-state index contributed by atoms with van der Waals surface area (Å²) in [6.07, 6.45) is 5.40. The van der Waals surface area contributed by atoms with Gasteiger partial charge in [-0.25, -0.2) is 0 Å². The van der Waals surface area contributed by atoms with Crippen LogP contribution in [0.4, 0.5) is 0 Å². The third kappa shape index (κ3) is 4.92. The van der Waals surface area contributed by atoms with Crippen molar-refractivity contribution in [2.45, 2.75) is 58.6 Å². The van der Waals surface area contributed by atoms with Crippen LogP contribution in [-0.4, -0.2) is 35.2 Å². The molecule has 0 radical (unpaired) electrons. The molecule has 2 aromatic carbocycles. The Kier molecular flexibility index (Phi) is 6.09. The zero-order valence-corrected chi connectivity index (χ0v) is 17.6. The molecule has 1 heterocycles. The fourth-order valence-corrected chi connectivity index (χ4v) is 4.84. The number of rotatable bonds is 5. The summed E-state index contributed by atoms with van der Waals surface area (Å²) in [5.74, 6) is 1.70. The molecule has 1 aliphatic carbocycles. The van der Waals surface area contributed by atoms with Gasteiger partial charge in [-0.05, 0) is 91.6 Å². The highest BCUT2D eigenvalue weighted by Crippen LogP contribution is 2.32. The number of aliphatic carboxylic acids is 1. The molecule has 4 nitrogen and oxygen atoms in total. The van der Waals surface area contributed by atoms with E-state index in [0.29, 0.717) is 6.10 Å². The summed E-state index contributed by atoms with van der Waals surface area (Å²) in [6.45, 7) is 7.30. The molecule has 3 atom stereocenters. The van der Waals surface area contributed by atoms with Crippen molar-refractivity contribution in [3.05, 3.63) is 42.0 Å². The zero-order valence-electron chi connectivity index (χ0n) is 17.6. The Morgan fingerprint density at radius 2 is 1.72 bits per heavy atom. The molecule has 0 aromatic heterocycles. The molecule has 1 N–H and O–H groups in total. The topological polar surface area (TPSA) is 49.8 Å². The number of ether oxygens (including phenoxy) is 1. The van der Waals surface area contributed by atoms with Crippen LogP contribution in [0.25, 0.3) is 10.8 Å². The monoisotopic (exact) mass is 395 g/mol. The van der Waals surface area contributed by atoms with E-state index in [1.165, 1.54) is 22.8 Å². The maximum atomic E-state index is 11.1. The molecule has 0 spiro atoms. The summed E-state index contributed by atoms with van der Waals surface area (Å²) in [5.41, 5.74) is 1.29. The van der Waals surface area contributed by atoms with Gasteiger partial charge in [-0.15, -0.1) is 0 Å². The van der Waals surface area contributed by atoms with Crippen molar-refractivity contribution in [1.29, 1.82) is 0 Å². The van der Waals surface area contributed by atoms with Gasteiger partial charge in [0.15, 0.2) is 0 Å². The van der Waals surface area contributed by atoms with Gasteiger partial charge in [0, 0.05) is 6.54 Å². The van der Waals surface area contributed by atoms with Crippen molar-refractivity contribution in [3.8, 4) is 5.75 Å². The van der Waals surface area contributed by atoms with E-state index in [2.05, 4.69) is 55.1 Å². The van der Waals surface area contributed by atoms with Crippen molar-refractivity contribution >= 4 is 16.7 Å². The van der Waals surface area contributed by atoms with Gasteiger partial charge in [-0.3, -0.25) is 9.69 Å². The molecule has 1 aliphatic heterocycles. The Morgan fingerprint density at radius 1 is 1.00 bits per heavy atom. The van der Waals surface area contributed by atoms with Crippen LogP contribution < -0.4 is 4.74 Å². The van der Waals surface area contributed by atoms with Gasteiger partial charge in [0.25, 0.3) is 0 Å². The number of likely N-dealkylation sites (tertiary alicyclic amines) is 1. The summed E-state index contributed by atoms with van der Waals surface area (Å²) in [4.78, 5) is 13.5. The van der Waals surface area contributed by atoms with E-state index < -0.39 is 5.97 Å². The van der Waals surface area contributed by atoms with Crippen LogP contribution >= 0.6 is 0 Å². The van der Waals surface area contributed by atoms with Gasteiger partial charge in [0.1, 0.15) is 5.75 Å². The van der Waals surface area contributed by atoms with Gasteiger partial charge in [-0.2, -0.15) is 0 Å². The van der Waals surface area contributed by atoms with Gasteiger partial charge in [0.05, 0.1) is 12.0 Å². The van der Waals surface area contributed by atoms with Crippen molar-refractivity contribution in [1.82, 2.24) is 4.90 Å². The molecular weight excluding hydrogens is 362 g/mol. The average molecular weight is 396 g/mol. The molecule has 2 aliphatic rings. The molecule has 2 fully saturated rings. The molecule has 0 amide bonds. The molecule has 4 heteroatoms. The molecule has 4 rings (SSSR count). The zero-order chi connectivity index (χ0) is 20.4. The van der Waals surface area contributed by atoms with E-state index in [1.807, 2.05) is 0 Å². The number of benzene rings is 2. The quantitative estimate of drug-likeness (QED) is 0.742. The van der Waals surface area contributed by atoms with Crippen molar-refractivity contribution < 1.29 is 14.6 Å². The van der Waals surface area contributed by atoms with E-state index in [9.17, 15) is 4.79 Å². The third-order valence-corrected chi connectivity index (χ3v) is 7.07. The Bertz CT molecular complexity index is 856. The highest BCUT2D eigenvalue weighted by atomic mass is 16.5. The van der Waals surface area contributed by atoms with Crippen molar-refractivity contribution in [2.24, 2.45) is 17.8 Å². The minimum Gasteiger partial charge on any atom is -0.490 e. The van der Waals surface area contributed by atoms with Crippen molar-refractivity contribution in [3.63, 3.8) is 0 Å². The summed E-state index contributed by atoms with van der Waals surface area (Å²) in [5, 5.41) is 11.6. The second kappa shape index (κ2) is 8.74. The predicted molar refractivity (Wildman–Crippen MR) is 116 cm³/mol. The van der Waals surface area contributed by atoms with Crippen LogP contribution in [0.15, 0.2) is 36.4 Å². The lowest BCUT2D eigenvalue weighted by Crippen LogP contribution is -2.35. The molecule has 2 aromatic rings. The third-order valence-electron chi connectivity index (χ3n) is 7.07. The number of piperidine rings is 1. The molecule has 156 valence electrons. The molecule has 29 heavy (non-hydrogen) atoms. The normalized spacial score (nSPS) is 26.5. The fourth-order valence-electron chi connectivity index (χ4n) is 4.84. The second-order valence-corrected chi connectivity index (χ2v) is 9.24. The first-order chi connectivity index (χ1) is 14.0. The van der Waals surface area contributed by atoms with Gasteiger partial charge in [0.2, 0.25) is 0 Å². The molecule has 1 saturated carbocycles. The molecule has 3 unspecified atom stereocenters. The van der Waals surface area contributed by atoms with Crippen LogP contribution in [0.5, 0.6) is 5.75 Å². The predicted octanol–water partition coefficient (Wildman–Crippen LogP) is 5.34. The standard InChI is InChI=1S/C25H33NO3/c1-17-3-7-23(13-18(17)2)29-24-8-6-21-14-19(4-5-22(21)15-24)16-26-11-9-20(10-12-26)25(27)28/h4-6,8,14-15,17-18,20,23H,3,7,9-13,16H2,1-2H3,(H,27,28). The number of hydrogen-bond donors (Lipinski definition) is 1. The minimum absolute atomic E-state index is 0.170. The highest BCUT2D eigenvalue weighted by Gasteiger charge is 2.26. The molecule has 1 saturated heterocycles. The van der Waals surface area contributed by atoms with Gasteiger partial charge < -0.3 is 9.84 Å². The van der Waals surface area contributed by atoms with E-state index >= 15 is 0 Å². The maximum Gasteiger partial charge on any atom is 0.306 e. The number of carbonyl (C=O) groups is 1. The van der Waals surface area contributed by atoms with Gasteiger partial charge in [-0.1, -0.05) is 32.0 Å². The van der Waals surface area contributed by atoms with Crippen LogP contribution in [0.3, 0.4) is 0 Å². The van der Waals surface area contributed by atoms with Crippen LogP contribution in [0.2, 0.25) is 0 Å². The Labute approximate surface area is 173 Å². The average Bonchev–Trinajstić information content (AvgIpc) is 2.71. The van der Waals surface area contributed by atoms with Crippen LogP contribution in [-0.2, 0) is 11.3 Å². The first kappa shape index (κ1) is 20.2. The van der Waals surface area contributed by atoms with Gasteiger partial charge >= 0.3 is 5.97 Å². The number of fused-ring (bicyclic) bond motifs is 1. The number of nitrogens with zero attached hydrogens (tertiary/aromatic N) is 1. The molecule has 0 bridgehead atoms. The number of carboxylic acids is 1. The first-order valence-electron chi connectivity index (χ1n) is 11.1. The van der Waals surface area contributed by atoms with E-state index in [0.717, 1.165) is 62.9 Å². The van der Waals surface area contributed by atoms with E-state index in [4.69, 9.17) is 9.84 Å². The molecular formula is C25H33NO3. The Morgan fingerprint density at radius 3 is 2.45 bits per heavy atom. The lowest BCUT2D eigenvalue weighted by molar-refractivity contribution is -0.143. The summed E-state index contributed by atoms with van der Waals surface area (Å²) in [7, 11) is 0. The van der Waals surface area contributed by atoms with E-state index in [-0.39, 0.29) is 5.92 Å². The fraction of sp³-hybridized carbons (Fsp3) is 0.560. The first-order valence-corrected chi connectivity index (χ1v) is 11.1.